The fourth-order valence-corrected chi connectivity index (χ4v) is 0.765. The lowest BCUT2D eigenvalue weighted by atomic mass is 10.2. The van der Waals surface area contributed by atoms with Gasteiger partial charge in [-0.3, -0.25) is 0 Å². The van der Waals surface area contributed by atoms with Crippen molar-refractivity contribution in [1.82, 2.24) is 0 Å². The van der Waals surface area contributed by atoms with Crippen molar-refractivity contribution in [2.45, 2.75) is 0 Å². The summed E-state index contributed by atoms with van der Waals surface area (Å²) < 4.78 is 0. The summed E-state index contributed by atoms with van der Waals surface area (Å²) in [5.41, 5.74) is 8.68. The van der Waals surface area contributed by atoms with Crippen molar-refractivity contribution in [1.29, 1.82) is 0 Å². The van der Waals surface area contributed by atoms with Gasteiger partial charge in [0.2, 0.25) is 0 Å². The highest BCUT2D eigenvalue weighted by Gasteiger charge is 1.98. The van der Waals surface area contributed by atoms with Crippen molar-refractivity contribution >= 4 is 5.84 Å². The highest BCUT2D eigenvalue weighted by Crippen LogP contribution is 2.01. The molecular formula is C7H6N4O. The van der Waals surface area contributed by atoms with Gasteiger partial charge in [-0.1, -0.05) is 35.5 Å². The maximum Gasteiger partial charge on any atom is 0.173 e. The van der Waals surface area contributed by atoms with Crippen LogP contribution < -0.4 is 0 Å². The predicted octanol–water partition coefficient (Wildman–Crippen LogP) is 2.13. The molecule has 60 valence electrons. The number of hydrogen-bond donors (Lipinski definition) is 1. The molecule has 1 N–H and O–H groups in total. The first-order valence-corrected chi connectivity index (χ1v) is 3.21. The Balaban J connectivity index is 3.05. The molecule has 0 aliphatic rings. The third-order valence-corrected chi connectivity index (χ3v) is 1.27. The summed E-state index contributed by atoms with van der Waals surface area (Å²) in [7, 11) is 0. The van der Waals surface area contributed by atoms with Crippen LogP contribution in [0.3, 0.4) is 0 Å². The summed E-state index contributed by atoms with van der Waals surface area (Å²) in [5.74, 6) is -0.0295. The average Bonchev–Trinajstić information content (AvgIpc) is 2.15. The molecule has 0 aliphatic heterocycles. The summed E-state index contributed by atoms with van der Waals surface area (Å²) in [6, 6.07) is 8.70. The number of hydrogen-bond acceptors (Lipinski definition) is 2. The Bertz CT molecular complexity index is 327. The lowest BCUT2D eigenvalue weighted by Gasteiger charge is -1.94. The highest BCUT2D eigenvalue weighted by molar-refractivity contribution is 5.98. The van der Waals surface area contributed by atoms with Crippen LogP contribution in [-0.4, -0.2) is 11.0 Å². The van der Waals surface area contributed by atoms with Crippen LogP contribution >= 0.6 is 0 Å². The molecule has 1 aromatic rings. The first-order chi connectivity index (χ1) is 5.88. The summed E-state index contributed by atoms with van der Waals surface area (Å²) in [6.07, 6.45) is 0. The van der Waals surface area contributed by atoms with Crippen molar-refractivity contribution in [3.05, 3.63) is 46.3 Å². The Kier molecular flexibility index (Phi) is 2.70. The SMILES string of the molecule is [N-]=[N+]=NC(=NO)c1ccccc1. The van der Waals surface area contributed by atoms with Gasteiger partial charge in [0.05, 0.1) is 0 Å². The van der Waals surface area contributed by atoms with Crippen LogP contribution in [0.5, 0.6) is 0 Å². The first-order valence-electron chi connectivity index (χ1n) is 3.21. The van der Waals surface area contributed by atoms with Crippen LogP contribution in [0.4, 0.5) is 0 Å². The van der Waals surface area contributed by atoms with Gasteiger partial charge in [-0.15, -0.1) is 0 Å². The number of benzene rings is 1. The van der Waals surface area contributed by atoms with Gasteiger partial charge in [0.15, 0.2) is 5.84 Å². The van der Waals surface area contributed by atoms with E-state index in [-0.39, 0.29) is 5.84 Å². The molecular weight excluding hydrogens is 156 g/mol. The maximum atomic E-state index is 8.43. The van der Waals surface area contributed by atoms with Crippen LogP contribution in [0.1, 0.15) is 5.56 Å². The van der Waals surface area contributed by atoms with Crippen LogP contribution in [0, 0.1) is 0 Å². The minimum atomic E-state index is -0.0295. The lowest BCUT2D eigenvalue weighted by molar-refractivity contribution is 0.318. The molecule has 0 fully saturated rings. The van der Waals surface area contributed by atoms with Crippen LogP contribution in [0.25, 0.3) is 10.4 Å². The number of nitrogens with zero attached hydrogens (tertiary/aromatic N) is 4. The van der Waals surface area contributed by atoms with Crippen molar-refractivity contribution in [2.75, 3.05) is 0 Å². The number of oxime groups is 1. The molecule has 12 heavy (non-hydrogen) atoms. The van der Waals surface area contributed by atoms with E-state index in [0.717, 1.165) is 0 Å². The molecule has 0 radical (unpaired) electrons. The molecule has 0 atom stereocenters. The molecule has 0 unspecified atom stereocenters. The summed E-state index contributed by atoms with van der Waals surface area (Å²) in [4.78, 5) is 2.52. The van der Waals surface area contributed by atoms with E-state index in [1.807, 2.05) is 6.07 Å². The standard InChI is InChI=1S/C7H6N4O/c8-11-9-7(10-12)6-4-2-1-3-5-6/h1-5,12H. The van der Waals surface area contributed by atoms with E-state index < -0.39 is 0 Å². The molecule has 0 saturated heterocycles. The van der Waals surface area contributed by atoms with E-state index in [1.165, 1.54) is 0 Å². The van der Waals surface area contributed by atoms with Crippen molar-refractivity contribution < 1.29 is 5.21 Å². The normalized spacial score (nSPS) is 10.5. The third kappa shape index (κ3) is 1.74. The molecule has 0 saturated carbocycles. The van der Waals surface area contributed by atoms with Crippen molar-refractivity contribution in [3.8, 4) is 0 Å². The van der Waals surface area contributed by atoms with Gasteiger partial charge in [-0.05, 0) is 10.6 Å². The second-order valence-electron chi connectivity index (χ2n) is 1.98. The number of rotatable bonds is 1. The van der Waals surface area contributed by atoms with Crippen LogP contribution in [0.15, 0.2) is 40.6 Å². The topological polar surface area (TPSA) is 81.4 Å². The van der Waals surface area contributed by atoms with E-state index in [9.17, 15) is 0 Å². The maximum absolute atomic E-state index is 8.43. The molecule has 0 amide bonds. The molecule has 5 nitrogen and oxygen atoms in total. The van der Waals surface area contributed by atoms with Gasteiger partial charge in [-0.25, -0.2) is 0 Å². The van der Waals surface area contributed by atoms with Crippen LogP contribution in [-0.2, 0) is 0 Å². The predicted molar refractivity (Wildman–Crippen MR) is 43.9 cm³/mol. The first kappa shape index (κ1) is 8.10. The Morgan fingerprint density at radius 1 is 1.33 bits per heavy atom. The molecule has 0 aliphatic carbocycles. The van der Waals surface area contributed by atoms with Gasteiger partial charge in [0, 0.05) is 10.5 Å². The van der Waals surface area contributed by atoms with Crippen molar-refractivity contribution in [3.63, 3.8) is 0 Å². The summed E-state index contributed by atoms with van der Waals surface area (Å²) in [5, 5.41) is 14.5. The Hall–Kier alpha value is -2.00. The molecule has 5 heteroatoms. The van der Waals surface area contributed by atoms with E-state index in [2.05, 4.69) is 15.2 Å². The zero-order valence-corrected chi connectivity index (χ0v) is 6.12. The smallest absolute Gasteiger partial charge is 0.173 e. The Morgan fingerprint density at radius 2 is 2.00 bits per heavy atom. The Labute approximate surface area is 68.6 Å². The highest BCUT2D eigenvalue weighted by atomic mass is 16.4. The molecule has 1 aromatic carbocycles. The van der Waals surface area contributed by atoms with Gasteiger partial charge < -0.3 is 5.21 Å². The molecule has 1 rings (SSSR count). The summed E-state index contributed by atoms with van der Waals surface area (Å²) >= 11 is 0. The van der Waals surface area contributed by atoms with E-state index >= 15 is 0 Å². The summed E-state index contributed by atoms with van der Waals surface area (Å²) in [6.45, 7) is 0. The van der Waals surface area contributed by atoms with Crippen molar-refractivity contribution in [2.24, 2.45) is 10.3 Å². The molecule has 0 heterocycles. The van der Waals surface area contributed by atoms with Gasteiger partial charge in [0.25, 0.3) is 0 Å². The quantitative estimate of drug-likeness (QED) is 0.128. The van der Waals surface area contributed by atoms with Gasteiger partial charge in [0.1, 0.15) is 0 Å². The zero-order valence-electron chi connectivity index (χ0n) is 6.12. The monoisotopic (exact) mass is 162 g/mol. The second-order valence-corrected chi connectivity index (χ2v) is 1.98. The lowest BCUT2D eigenvalue weighted by Crippen LogP contribution is -1.94. The zero-order chi connectivity index (χ0) is 8.81. The van der Waals surface area contributed by atoms with Gasteiger partial charge in [-0.2, -0.15) is 0 Å². The third-order valence-electron chi connectivity index (χ3n) is 1.27. The molecule has 0 aromatic heterocycles. The number of amidine groups is 1. The average molecular weight is 162 g/mol. The molecule has 0 bridgehead atoms. The van der Waals surface area contributed by atoms with E-state index in [1.54, 1.807) is 24.3 Å². The number of azide groups is 1. The fourth-order valence-electron chi connectivity index (χ4n) is 0.765. The van der Waals surface area contributed by atoms with Crippen LogP contribution in [0.2, 0.25) is 0 Å². The minimum absolute atomic E-state index is 0.0295. The molecule has 0 spiro atoms. The minimum Gasteiger partial charge on any atom is -0.410 e. The van der Waals surface area contributed by atoms with E-state index in [0.29, 0.717) is 5.56 Å². The Morgan fingerprint density at radius 3 is 2.50 bits per heavy atom. The second kappa shape index (κ2) is 4.00. The van der Waals surface area contributed by atoms with E-state index in [4.69, 9.17) is 10.7 Å². The largest absolute Gasteiger partial charge is 0.410 e. The van der Waals surface area contributed by atoms with Gasteiger partial charge >= 0.3 is 0 Å². The fraction of sp³-hybridized carbons (Fsp3) is 0.